The van der Waals surface area contributed by atoms with Gasteiger partial charge in [-0.05, 0) is 51.5 Å². The minimum atomic E-state index is 0.803. The van der Waals surface area contributed by atoms with Crippen molar-refractivity contribution < 1.29 is 0 Å². The standard InChI is InChI=1S/C14H26N2/c1-15-12-8-13-6-7-14(9-12)16(13)10-11-4-2-3-5-11/h11-15H,2-10H2,1H3. The van der Waals surface area contributed by atoms with Gasteiger partial charge in [0.1, 0.15) is 0 Å². The van der Waals surface area contributed by atoms with Gasteiger partial charge in [0.15, 0.2) is 0 Å². The second-order valence-corrected chi connectivity index (χ2v) is 6.19. The quantitative estimate of drug-likeness (QED) is 0.789. The molecule has 3 fully saturated rings. The van der Waals surface area contributed by atoms with Crippen molar-refractivity contribution in [1.29, 1.82) is 0 Å². The Morgan fingerprint density at radius 3 is 2.19 bits per heavy atom. The van der Waals surface area contributed by atoms with Gasteiger partial charge in [-0.25, -0.2) is 0 Å². The van der Waals surface area contributed by atoms with Gasteiger partial charge >= 0.3 is 0 Å². The second-order valence-electron chi connectivity index (χ2n) is 6.19. The average Bonchev–Trinajstić information content (AvgIpc) is 2.87. The molecule has 1 N–H and O–H groups in total. The number of hydrogen-bond donors (Lipinski definition) is 1. The van der Waals surface area contributed by atoms with Crippen LogP contribution in [-0.4, -0.2) is 36.6 Å². The van der Waals surface area contributed by atoms with Crippen molar-refractivity contribution in [3.05, 3.63) is 0 Å². The summed E-state index contributed by atoms with van der Waals surface area (Å²) in [5.41, 5.74) is 0. The lowest BCUT2D eigenvalue weighted by molar-refractivity contribution is 0.100. The third-order valence-corrected chi connectivity index (χ3v) is 5.24. The molecule has 0 aromatic rings. The van der Waals surface area contributed by atoms with Crippen LogP contribution in [0.3, 0.4) is 0 Å². The number of fused-ring (bicyclic) bond motifs is 2. The molecule has 0 radical (unpaired) electrons. The van der Waals surface area contributed by atoms with Crippen molar-refractivity contribution in [2.24, 2.45) is 5.92 Å². The third kappa shape index (κ3) is 2.02. The number of nitrogens with one attached hydrogen (secondary N) is 1. The van der Waals surface area contributed by atoms with Crippen LogP contribution in [0.4, 0.5) is 0 Å². The van der Waals surface area contributed by atoms with E-state index in [4.69, 9.17) is 0 Å². The summed E-state index contributed by atoms with van der Waals surface area (Å²) in [5, 5.41) is 3.49. The van der Waals surface area contributed by atoms with Gasteiger partial charge in [0, 0.05) is 24.7 Å². The van der Waals surface area contributed by atoms with Crippen LogP contribution < -0.4 is 5.32 Å². The van der Waals surface area contributed by atoms with Crippen LogP contribution in [0.5, 0.6) is 0 Å². The Labute approximate surface area is 99.8 Å². The molecule has 3 aliphatic rings. The summed E-state index contributed by atoms with van der Waals surface area (Å²) < 4.78 is 0. The van der Waals surface area contributed by atoms with Gasteiger partial charge in [0.2, 0.25) is 0 Å². The Balaban J connectivity index is 1.60. The van der Waals surface area contributed by atoms with E-state index < -0.39 is 0 Å². The molecule has 0 aromatic heterocycles. The molecule has 1 saturated carbocycles. The number of hydrogen-bond acceptors (Lipinski definition) is 2. The highest BCUT2D eigenvalue weighted by Crippen LogP contribution is 2.38. The van der Waals surface area contributed by atoms with Crippen molar-refractivity contribution in [3.8, 4) is 0 Å². The molecular weight excluding hydrogens is 196 g/mol. The van der Waals surface area contributed by atoms with Crippen LogP contribution in [0.15, 0.2) is 0 Å². The minimum Gasteiger partial charge on any atom is -0.317 e. The SMILES string of the molecule is CNC1CC2CCC(C1)N2CC1CCCC1. The molecule has 0 amide bonds. The lowest BCUT2D eigenvalue weighted by Crippen LogP contribution is -2.49. The highest BCUT2D eigenvalue weighted by molar-refractivity contribution is 4.97. The van der Waals surface area contributed by atoms with Gasteiger partial charge in [0.05, 0.1) is 0 Å². The maximum Gasteiger partial charge on any atom is 0.0114 e. The molecule has 2 unspecified atom stereocenters. The van der Waals surface area contributed by atoms with Crippen molar-refractivity contribution in [2.75, 3.05) is 13.6 Å². The predicted octanol–water partition coefficient (Wildman–Crippen LogP) is 2.39. The number of nitrogens with zero attached hydrogens (tertiary/aromatic N) is 1. The third-order valence-electron chi connectivity index (χ3n) is 5.24. The van der Waals surface area contributed by atoms with Gasteiger partial charge in [-0.2, -0.15) is 0 Å². The van der Waals surface area contributed by atoms with Crippen LogP contribution in [0.25, 0.3) is 0 Å². The minimum absolute atomic E-state index is 0.803. The molecule has 2 bridgehead atoms. The highest BCUT2D eigenvalue weighted by atomic mass is 15.2. The molecule has 2 nitrogen and oxygen atoms in total. The van der Waals surface area contributed by atoms with Gasteiger partial charge < -0.3 is 5.32 Å². The van der Waals surface area contributed by atoms with E-state index in [9.17, 15) is 0 Å². The van der Waals surface area contributed by atoms with Gasteiger partial charge in [-0.15, -0.1) is 0 Å². The lowest BCUT2D eigenvalue weighted by atomic mass is 9.95. The Bertz CT molecular complexity index is 221. The van der Waals surface area contributed by atoms with E-state index in [1.54, 1.807) is 0 Å². The highest BCUT2D eigenvalue weighted by Gasteiger charge is 2.40. The zero-order chi connectivity index (χ0) is 11.0. The van der Waals surface area contributed by atoms with Crippen LogP contribution in [0, 0.1) is 5.92 Å². The molecule has 2 heterocycles. The first-order valence-electron chi connectivity index (χ1n) is 7.30. The molecule has 2 saturated heterocycles. The fourth-order valence-corrected chi connectivity index (χ4v) is 4.30. The van der Waals surface area contributed by atoms with Crippen molar-refractivity contribution in [3.63, 3.8) is 0 Å². The first-order valence-corrected chi connectivity index (χ1v) is 7.30. The fourth-order valence-electron chi connectivity index (χ4n) is 4.30. The first-order chi connectivity index (χ1) is 7.86. The smallest absolute Gasteiger partial charge is 0.0114 e. The largest absolute Gasteiger partial charge is 0.317 e. The van der Waals surface area contributed by atoms with Crippen LogP contribution in [-0.2, 0) is 0 Å². The predicted molar refractivity (Wildman–Crippen MR) is 67.6 cm³/mol. The summed E-state index contributed by atoms with van der Waals surface area (Å²) in [7, 11) is 2.14. The maximum absolute atomic E-state index is 3.49. The van der Waals surface area contributed by atoms with Gasteiger partial charge in [0.25, 0.3) is 0 Å². The number of piperidine rings is 1. The average molecular weight is 222 g/mol. The topological polar surface area (TPSA) is 15.3 Å². The summed E-state index contributed by atoms with van der Waals surface area (Å²) in [5.74, 6) is 1.04. The zero-order valence-electron chi connectivity index (χ0n) is 10.6. The summed E-state index contributed by atoms with van der Waals surface area (Å²) >= 11 is 0. The number of rotatable bonds is 3. The second kappa shape index (κ2) is 4.66. The summed E-state index contributed by atoms with van der Waals surface area (Å²) in [6.45, 7) is 1.42. The molecule has 0 aromatic carbocycles. The van der Waals surface area contributed by atoms with E-state index in [-0.39, 0.29) is 0 Å². The normalized spacial score (nSPS) is 40.7. The van der Waals surface area contributed by atoms with Crippen molar-refractivity contribution in [2.45, 2.75) is 69.5 Å². The summed E-state index contributed by atoms with van der Waals surface area (Å²) in [6.07, 6.45) is 11.7. The van der Waals surface area contributed by atoms with E-state index >= 15 is 0 Å². The molecule has 0 spiro atoms. The van der Waals surface area contributed by atoms with Crippen LogP contribution in [0.2, 0.25) is 0 Å². The molecule has 2 aliphatic heterocycles. The molecule has 92 valence electrons. The van der Waals surface area contributed by atoms with Gasteiger partial charge in [-0.3, -0.25) is 4.90 Å². The van der Waals surface area contributed by atoms with E-state index in [0.717, 1.165) is 24.0 Å². The maximum atomic E-state index is 3.49. The fraction of sp³-hybridized carbons (Fsp3) is 1.00. The first kappa shape index (κ1) is 11.0. The Hall–Kier alpha value is -0.0800. The molecule has 2 atom stereocenters. The van der Waals surface area contributed by atoms with Crippen LogP contribution >= 0.6 is 0 Å². The summed E-state index contributed by atoms with van der Waals surface area (Å²) in [6, 6.07) is 2.63. The monoisotopic (exact) mass is 222 g/mol. The van der Waals surface area contributed by atoms with Crippen molar-refractivity contribution >= 4 is 0 Å². The molecule has 1 aliphatic carbocycles. The van der Waals surface area contributed by atoms with E-state index in [1.807, 2.05) is 0 Å². The van der Waals surface area contributed by atoms with Crippen molar-refractivity contribution in [1.82, 2.24) is 10.2 Å². The van der Waals surface area contributed by atoms with E-state index in [1.165, 1.54) is 57.9 Å². The van der Waals surface area contributed by atoms with Crippen LogP contribution in [0.1, 0.15) is 51.4 Å². The van der Waals surface area contributed by atoms with Gasteiger partial charge in [-0.1, -0.05) is 12.8 Å². The molecule has 16 heavy (non-hydrogen) atoms. The summed E-state index contributed by atoms with van der Waals surface area (Å²) in [4.78, 5) is 2.88. The van der Waals surface area contributed by atoms with E-state index in [0.29, 0.717) is 0 Å². The Morgan fingerprint density at radius 1 is 1.00 bits per heavy atom. The van der Waals surface area contributed by atoms with E-state index in [2.05, 4.69) is 17.3 Å². The molecule has 2 heteroatoms. The Kier molecular flexibility index (Phi) is 3.21. The zero-order valence-corrected chi connectivity index (χ0v) is 10.6. The Morgan fingerprint density at radius 2 is 1.62 bits per heavy atom. The lowest BCUT2D eigenvalue weighted by Gasteiger charge is -2.40. The molecule has 3 rings (SSSR count). The molecular formula is C14H26N2.